The molecule has 0 bridgehead atoms. The summed E-state index contributed by atoms with van der Waals surface area (Å²) in [7, 11) is 0. The SMILES string of the molecule is CCOc1ccccc1CN1C(=O)c2nc3ccccc3n2C[C@]1(C)C(=O)N[C@@H]1CCC[C@H](C)[C@@H]1C. The summed E-state index contributed by atoms with van der Waals surface area (Å²) in [5.74, 6) is 1.69. The third-order valence-corrected chi connectivity index (χ3v) is 8.27. The van der Waals surface area contributed by atoms with E-state index in [1.807, 2.05) is 66.9 Å². The van der Waals surface area contributed by atoms with Crippen LogP contribution in [0.5, 0.6) is 5.75 Å². The second-order valence-corrected chi connectivity index (χ2v) is 10.6. The molecule has 2 aliphatic rings. The number of nitrogens with zero attached hydrogens (tertiary/aromatic N) is 3. The van der Waals surface area contributed by atoms with Crippen molar-refractivity contribution in [2.45, 2.75) is 71.6 Å². The number of carbonyl (C=O) groups excluding carboxylic acids is 2. The molecule has 1 aromatic heterocycles. The van der Waals surface area contributed by atoms with E-state index in [-0.39, 0.29) is 24.4 Å². The number of aromatic nitrogens is 2. The van der Waals surface area contributed by atoms with E-state index in [2.05, 4.69) is 24.1 Å². The first-order valence-corrected chi connectivity index (χ1v) is 13.1. The molecule has 190 valence electrons. The summed E-state index contributed by atoms with van der Waals surface area (Å²) < 4.78 is 7.76. The maximum atomic E-state index is 14.1. The molecule has 1 aliphatic carbocycles. The van der Waals surface area contributed by atoms with Crippen LogP contribution in [0.15, 0.2) is 48.5 Å². The molecule has 2 amide bonds. The third kappa shape index (κ3) is 4.14. The van der Waals surface area contributed by atoms with Crippen LogP contribution >= 0.6 is 0 Å². The molecule has 1 fully saturated rings. The normalized spacial score (nSPS) is 26.1. The Balaban J connectivity index is 1.55. The molecule has 2 heterocycles. The van der Waals surface area contributed by atoms with Gasteiger partial charge in [-0.2, -0.15) is 0 Å². The highest BCUT2D eigenvalue weighted by atomic mass is 16.5. The first-order chi connectivity index (χ1) is 17.3. The number of amides is 2. The van der Waals surface area contributed by atoms with Crippen LogP contribution in [0.25, 0.3) is 11.0 Å². The average molecular weight is 489 g/mol. The highest BCUT2D eigenvalue weighted by molar-refractivity contribution is 6.01. The summed E-state index contributed by atoms with van der Waals surface area (Å²) in [5, 5.41) is 3.36. The standard InChI is InChI=1S/C29H36N4O3/c1-5-36-25-16-9-6-12-21(25)17-33-27(34)26-30-23-13-7-8-15-24(23)32(26)18-29(33,4)28(35)31-22-14-10-11-19(2)20(22)3/h6-9,12-13,15-16,19-20,22H,5,10-11,14,17-18H2,1-4H3,(H,31,35)/t19-,20-,22+,29+/m0/s1. The molecular formula is C29H36N4O3. The molecule has 36 heavy (non-hydrogen) atoms. The van der Waals surface area contributed by atoms with Crippen molar-refractivity contribution in [1.29, 1.82) is 0 Å². The summed E-state index contributed by atoms with van der Waals surface area (Å²) in [6, 6.07) is 15.5. The third-order valence-electron chi connectivity index (χ3n) is 8.27. The maximum absolute atomic E-state index is 14.1. The number of carbonyl (C=O) groups is 2. The number of fused-ring (bicyclic) bond motifs is 3. The number of benzene rings is 2. The Morgan fingerprint density at radius 1 is 1.14 bits per heavy atom. The van der Waals surface area contributed by atoms with Crippen LogP contribution in [0.2, 0.25) is 0 Å². The summed E-state index contributed by atoms with van der Waals surface area (Å²) in [6.45, 7) is 9.44. The van der Waals surface area contributed by atoms with E-state index in [0.29, 0.717) is 30.8 Å². The number of rotatable bonds is 6. The van der Waals surface area contributed by atoms with Gasteiger partial charge in [0.25, 0.3) is 5.91 Å². The number of ether oxygens (including phenoxy) is 1. The molecule has 0 unspecified atom stereocenters. The predicted octanol–water partition coefficient (Wildman–Crippen LogP) is 4.79. The van der Waals surface area contributed by atoms with Crippen molar-refractivity contribution in [2.75, 3.05) is 6.61 Å². The number of para-hydroxylation sites is 3. The zero-order valence-electron chi connectivity index (χ0n) is 21.7. The highest BCUT2D eigenvalue weighted by Gasteiger charge is 2.49. The Labute approximate surface area is 212 Å². The first-order valence-electron chi connectivity index (χ1n) is 13.1. The Morgan fingerprint density at radius 2 is 1.89 bits per heavy atom. The van der Waals surface area contributed by atoms with E-state index in [1.165, 1.54) is 6.42 Å². The van der Waals surface area contributed by atoms with Crippen LogP contribution in [0.1, 0.15) is 63.1 Å². The van der Waals surface area contributed by atoms with Crippen molar-refractivity contribution < 1.29 is 14.3 Å². The van der Waals surface area contributed by atoms with Crippen molar-refractivity contribution in [2.24, 2.45) is 11.8 Å². The van der Waals surface area contributed by atoms with Crippen LogP contribution in [-0.4, -0.2) is 44.5 Å². The second kappa shape index (κ2) is 9.60. The molecule has 7 nitrogen and oxygen atoms in total. The van der Waals surface area contributed by atoms with E-state index in [1.54, 1.807) is 4.90 Å². The lowest BCUT2D eigenvalue weighted by Crippen LogP contribution is -2.65. The van der Waals surface area contributed by atoms with Gasteiger partial charge in [-0.3, -0.25) is 9.59 Å². The van der Waals surface area contributed by atoms with Crippen molar-refractivity contribution in [3.05, 3.63) is 59.9 Å². The smallest absolute Gasteiger partial charge is 0.291 e. The topological polar surface area (TPSA) is 76.5 Å². The summed E-state index contributed by atoms with van der Waals surface area (Å²) in [6.07, 6.45) is 3.26. The minimum Gasteiger partial charge on any atom is -0.494 e. The fourth-order valence-corrected chi connectivity index (χ4v) is 5.79. The Kier molecular flexibility index (Phi) is 6.49. The Morgan fingerprint density at radius 3 is 2.69 bits per heavy atom. The van der Waals surface area contributed by atoms with Gasteiger partial charge in [-0.05, 0) is 50.3 Å². The van der Waals surface area contributed by atoms with Gasteiger partial charge in [0.1, 0.15) is 11.3 Å². The molecule has 2 aromatic carbocycles. The first kappa shape index (κ1) is 24.3. The van der Waals surface area contributed by atoms with E-state index in [4.69, 9.17) is 4.74 Å². The van der Waals surface area contributed by atoms with Gasteiger partial charge >= 0.3 is 0 Å². The zero-order chi connectivity index (χ0) is 25.4. The second-order valence-electron chi connectivity index (χ2n) is 10.6. The molecule has 1 N–H and O–H groups in total. The van der Waals surface area contributed by atoms with Gasteiger partial charge in [0.2, 0.25) is 5.91 Å². The predicted molar refractivity (Wildman–Crippen MR) is 140 cm³/mol. The fraction of sp³-hybridized carbons (Fsp3) is 0.483. The Hall–Kier alpha value is -3.35. The minimum absolute atomic E-state index is 0.103. The fourth-order valence-electron chi connectivity index (χ4n) is 5.79. The molecule has 1 saturated carbocycles. The zero-order valence-corrected chi connectivity index (χ0v) is 21.7. The van der Waals surface area contributed by atoms with Crippen LogP contribution in [0.3, 0.4) is 0 Å². The molecule has 7 heteroatoms. The van der Waals surface area contributed by atoms with Crippen molar-refractivity contribution in [1.82, 2.24) is 19.8 Å². The van der Waals surface area contributed by atoms with Crippen LogP contribution in [0.4, 0.5) is 0 Å². The van der Waals surface area contributed by atoms with Crippen LogP contribution in [0, 0.1) is 11.8 Å². The molecule has 5 rings (SSSR count). The largest absolute Gasteiger partial charge is 0.494 e. The van der Waals surface area contributed by atoms with E-state index < -0.39 is 5.54 Å². The highest BCUT2D eigenvalue weighted by Crippen LogP contribution is 2.35. The molecule has 0 spiro atoms. The maximum Gasteiger partial charge on any atom is 0.291 e. The van der Waals surface area contributed by atoms with Crippen LogP contribution in [-0.2, 0) is 17.9 Å². The van der Waals surface area contributed by atoms with Gasteiger partial charge in [-0.15, -0.1) is 0 Å². The van der Waals surface area contributed by atoms with Crippen molar-refractivity contribution >= 4 is 22.8 Å². The summed E-state index contributed by atoms with van der Waals surface area (Å²) in [4.78, 5) is 34.5. The lowest BCUT2D eigenvalue weighted by atomic mass is 9.77. The number of imidazole rings is 1. The van der Waals surface area contributed by atoms with Gasteiger partial charge in [0.05, 0.1) is 30.7 Å². The van der Waals surface area contributed by atoms with E-state index in [9.17, 15) is 9.59 Å². The van der Waals surface area contributed by atoms with Gasteiger partial charge in [0, 0.05) is 11.6 Å². The minimum atomic E-state index is -1.09. The van der Waals surface area contributed by atoms with E-state index >= 15 is 0 Å². The van der Waals surface area contributed by atoms with E-state index in [0.717, 1.165) is 35.2 Å². The van der Waals surface area contributed by atoms with Crippen molar-refractivity contribution in [3.63, 3.8) is 0 Å². The van der Waals surface area contributed by atoms with Gasteiger partial charge in [-0.25, -0.2) is 4.98 Å². The van der Waals surface area contributed by atoms with Crippen LogP contribution < -0.4 is 10.1 Å². The lowest BCUT2D eigenvalue weighted by Gasteiger charge is -2.45. The molecule has 1 aliphatic heterocycles. The molecule has 0 radical (unpaired) electrons. The number of hydrogen-bond donors (Lipinski definition) is 1. The monoisotopic (exact) mass is 488 g/mol. The summed E-state index contributed by atoms with van der Waals surface area (Å²) in [5.41, 5.74) is 1.41. The molecular weight excluding hydrogens is 452 g/mol. The van der Waals surface area contributed by atoms with Gasteiger partial charge in [-0.1, -0.05) is 57.0 Å². The number of hydrogen-bond acceptors (Lipinski definition) is 4. The van der Waals surface area contributed by atoms with Gasteiger partial charge < -0.3 is 19.5 Å². The summed E-state index contributed by atoms with van der Waals surface area (Å²) >= 11 is 0. The molecule has 3 aromatic rings. The number of nitrogens with one attached hydrogen (secondary N) is 1. The van der Waals surface area contributed by atoms with Gasteiger partial charge in [0.15, 0.2) is 5.82 Å². The molecule has 4 atom stereocenters. The molecule has 0 saturated heterocycles. The Bertz CT molecular complexity index is 1280. The average Bonchev–Trinajstić information content (AvgIpc) is 3.24. The lowest BCUT2D eigenvalue weighted by molar-refractivity contribution is -0.134. The van der Waals surface area contributed by atoms with Crippen molar-refractivity contribution in [3.8, 4) is 5.75 Å². The quantitative estimate of drug-likeness (QED) is 0.541.